The van der Waals surface area contributed by atoms with Gasteiger partial charge in [0.15, 0.2) is 0 Å². The normalized spacial score (nSPS) is 23.2. The molecule has 0 aromatic carbocycles. The standard InChI is InChI=1S/C13H25N3O3/c1-8(2)16(9(3)4)13(19)15-6-10(12(17)18)11(7-15)14-5/h8-11,14H,6-7H2,1-5H3,(H,17,18)/t10-,11+/m0/s1. The molecule has 0 spiro atoms. The highest BCUT2D eigenvalue weighted by atomic mass is 16.4. The number of rotatable bonds is 4. The number of hydrogen-bond acceptors (Lipinski definition) is 3. The lowest BCUT2D eigenvalue weighted by Crippen LogP contribution is -2.49. The number of likely N-dealkylation sites (N-methyl/N-ethyl adjacent to an activating group) is 1. The predicted octanol–water partition coefficient (Wildman–Crippen LogP) is 0.830. The molecule has 6 nitrogen and oxygen atoms in total. The SMILES string of the molecule is CN[C@@H]1CN(C(=O)N(C(C)C)C(C)C)C[C@@H]1C(=O)O. The van der Waals surface area contributed by atoms with E-state index in [1.54, 1.807) is 16.8 Å². The van der Waals surface area contributed by atoms with E-state index in [1.807, 2.05) is 27.7 Å². The Kier molecular flexibility index (Phi) is 5.17. The monoisotopic (exact) mass is 271 g/mol. The largest absolute Gasteiger partial charge is 0.481 e. The van der Waals surface area contributed by atoms with E-state index in [0.29, 0.717) is 6.54 Å². The summed E-state index contributed by atoms with van der Waals surface area (Å²) >= 11 is 0. The molecule has 0 aliphatic carbocycles. The van der Waals surface area contributed by atoms with Gasteiger partial charge in [-0.05, 0) is 34.7 Å². The Balaban J connectivity index is 2.81. The van der Waals surface area contributed by atoms with Gasteiger partial charge in [-0.1, -0.05) is 0 Å². The molecule has 0 saturated carbocycles. The molecule has 1 saturated heterocycles. The minimum Gasteiger partial charge on any atom is -0.481 e. The Morgan fingerprint density at radius 3 is 2.05 bits per heavy atom. The summed E-state index contributed by atoms with van der Waals surface area (Å²) in [7, 11) is 1.73. The maximum absolute atomic E-state index is 12.5. The fourth-order valence-electron chi connectivity index (χ4n) is 2.70. The van der Waals surface area contributed by atoms with Crippen molar-refractivity contribution in [1.29, 1.82) is 0 Å². The topological polar surface area (TPSA) is 72.9 Å². The molecule has 0 unspecified atom stereocenters. The maximum Gasteiger partial charge on any atom is 0.320 e. The number of nitrogens with one attached hydrogen (secondary N) is 1. The van der Waals surface area contributed by atoms with E-state index in [2.05, 4.69) is 5.32 Å². The van der Waals surface area contributed by atoms with Gasteiger partial charge in [-0.2, -0.15) is 0 Å². The van der Waals surface area contributed by atoms with Crippen molar-refractivity contribution in [3.05, 3.63) is 0 Å². The molecular weight excluding hydrogens is 246 g/mol. The van der Waals surface area contributed by atoms with Gasteiger partial charge in [0.2, 0.25) is 0 Å². The van der Waals surface area contributed by atoms with Crippen LogP contribution in [-0.2, 0) is 4.79 Å². The minimum atomic E-state index is -0.852. The molecule has 2 N–H and O–H groups in total. The summed E-state index contributed by atoms with van der Waals surface area (Å²) in [5.74, 6) is -1.38. The van der Waals surface area contributed by atoms with E-state index in [1.165, 1.54) is 0 Å². The second-order valence-electron chi connectivity index (χ2n) is 5.62. The van der Waals surface area contributed by atoms with Crippen molar-refractivity contribution >= 4 is 12.0 Å². The first-order chi connectivity index (χ1) is 8.79. The van der Waals surface area contributed by atoms with Gasteiger partial charge in [0.1, 0.15) is 0 Å². The number of likely N-dealkylation sites (tertiary alicyclic amines) is 1. The van der Waals surface area contributed by atoms with E-state index in [0.717, 1.165) is 0 Å². The molecule has 0 bridgehead atoms. The number of carboxylic acid groups (broad SMARTS) is 1. The molecular formula is C13H25N3O3. The van der Waals surface area contributed by atoms with Gasteiger partial charge < -0.3 is 20.2 Å². The van der Waals surface area contributed by atoms with Crippen molar-refractivity contribution in [2.45, 2.75) is 45.8 Å². The van der Waals surface area contributed by atoms with Crippen molar-refractivity contribution in [2.75, 3.05) is 20.1 Å². The lowest BCUT2D eigenvalue weighted by Gasteiger charge is -2.34. The fourth-order valence-corrected chi connectivity index (χ4v) is 2.70. The van der Waals surface area contributed by atoms with E-state index in [-0.39, 0.29) is 30.7 Å². The molecule has 1 aliphatic heterocycles. The van der Waals surface area contributed by atoms with E-state index < -0.39 is 11.9 Å². The number of nitrogens with zero attached hydrogens (tertiary/aromatic N) is 2. The summed E-state index contributed by atoms with van der Waals surface area (Å²) in [5, 5.41) is 12.2. The Morgan fingerprint density at radius 1 is 1.21 bits per heavy atom. The van der Waals surface area contributed by atoms with Crippen molar-refractivity contribution in [3.8, 4) is 0 Å². The number of hydrogen-bond donors (Lipinski definition) is 2. The quantitative estimate of drug-likeness (QED) is 0.794. The number of urea groups is 1. The van der Waals surface area contributed by atoms with Crippen LogP contribution in [0.25, 0.3) is 0 Å². The molecule has 1 fully saturated rings. The first-order valence-electron chi connectivity index (χ1n) is 6.76. The van der Waals surface area contributed by atoms with Gasteiger partial charge in [-0.15, -0.1) is 0 Å². The zero-order valence-electron chi connectivity index (χ0n) is 12.4. The average molecular weight is 271 g/mol. The Labute approximate surface area is 114 Å². The van der Waals surface area contributed by atoms with Crippen LogP contribution in [0.2, 0.25) is 0 Å². The lowest BCUT2D eigenvalue weighted by molar-refractivity contribution is -0.141. The molecule has 1 aliphatic rings. The number of carbonyl (C=O) groups is 2. The molecule has 0 radical (unpaired) electrons. The summed E-state index contributed by atoms with van der Waals surface area (Å²) < 4.78 is 0. The van der Waals surface area contributed by atoms with Crippen molar-refractivity contribution in [1.82, 2.24) is 15.1 Å². The molecule has 1 rings (SSSR count). The molecule has 0 aromatic heterocycles. The third-order valence-electron chi connectivity index (χ3n) is 3.61. The fraction of sp³-hybridized carbons (Fsp3) is 0.846. The van der Waals surface area contributed by atoms with Crippen LogP contribution in [0.15, 0.2) is 0 Å². The van der Waals surface area contributed by atoms with E-state index in [4.69, 9.17) is 0 Å². The molecule has 2 atom stereocenters. The zero-order chi connectivity index (χ0) is 14.7. The smallest absolute Gasteiger partial charge is 0.320 e. The number of carboxylic acids is 1. The van der Waals surface area contributed by atoms with Crippen molar-refractivity contribution in [2.24, 2.45) is 5.92 Å². The van der Waals surface area contributed by atoms with Crippen LogP contribution in [0.4, 0.5) is 4.79 Å². The second-order valence-corrected chi connectivity index (χ2v) is 5.62. The highest BCUT2D eigenvalue weighted by molar-refractivity contribution is 5.78. The first-order valence-corrected chi connectivity index (χ1v) is 6.76. The van der Waals surface area contributed by atoms with Crippen LogP contribution in [0.1, 0.15) is 27.7 Å². The van der Waals surface area contributed by atoms with E-state index in [9.17, 15) is 14.7 Å². The maximum atomic E-state index is 12.5. The van der Waals surface area contributed by atoms with Crippen LogP contribution in [0.3, 0.4) is 0 Å². The molecule has 6 heteroatoms. The summed E-state index contributed by atoms with van der Waals surface area (Å²) in [5.41, 5.74) is 0. The number of amides is 2. The van der Waals surface area contributed by atoms with Crippen molar-refractivity contribution in [3.63, 3.8) is 0 Å². The van der Waals surface area contributed by atoms with Gasteiger partial charge in [0.05, 0.1) is 5.92 Å². The Morgan fingerprint density at radius 2 is 1.74 bits per heavy atom. The van der Waals surface area contributed by atoms with Crippen molar-refractivity contribution < 1.29 is 14.7 Å². The van der Waals surface area contributed by atoms with Gasteiger partial charge in [0, 0.05) is 31.2 Å². The summed E-state index contributed by atoms with van der Waals surface area (Å²) in [6.07, 6.45) is 0. The van der Waals surface area contributed by atoms with Crippen LogP contribution < -0.4 is 5.32 Å². The molecule has 110 valence electrons. The predicted molar refractivity (Wildman–Crippen MR) is 73.1 cm³/mol. The second kappa shape index (κ2) is 6.23. The summed E-state index contributed by atoms with van der Waals surface area (Å²) in [6, 6.07) is -0.0505. The molecule has 1 heterocycles. The van der Waals surface area contributed by atoms with E-state index >= 15 is 0 Å². The molecule has 0 aromatic rings. The Hall–Kier alpha value is -1.30. The van der Waals surface area contributed by atoms with Gasteiger partial charge >= 0.3 is 12.0 Å². The summed E-state index contributed by atoms with van der Waals surface area (Å²) in [4.78, 5) is 27.1. The van der Waals surface area contributed by atoms with Gasteiger partial charge in [-0.3, -0.25) is 4.79 Å². The minimum absolute atomic E-state index is 0.0750. The lowest BCUT2D eigenvalue weighted by atomic mass is 10.1. The highest BCUT2D eigenvalue weighted by Crippen LogP contribution is 2.20. The van der Waals surface area contributed by atoms with Crippen LogP contribution in [0.5, 0.6) is 0 Å². The van der Waals surface area contributed by atoms with Gasteiger partial charge in [0.25, 0.3) is 0 Å². The number of carbonyl (C=O) groups excluding carboxylic acids is 1. The van der Waals surface area contributed by atoms with Crippen LogP contribution in [0, 0.1) is 5.92 Å². The third-order valence-corrected chi connectivity index (χ3v) is 3.61. The molecule has 19 heavy (non-hydrogen) atoms. The third kappa shape index (κ3) is 3.37. The molecule has 2 amide bonds. The first kappa shape index (κ1) is 15.8. The zero-order valence-corrected chi connectivity index (χ0v) is 12.4. The van der Waals surface area contributed by atoms with Crippen LogP contribution in [-0.4, -0.2) is 65.2 Å². The average Bonchev–Trinajstić information content (AvgIpc) is 2.71. The van der Waals surface area contributed by atoms with Crippen LogP contribution >= 0.6 is 0 Å². The highest BCUT2D eigenvalue weighted by Gasteiger charge is 2.40. The number of aliphatic carboxylic acids is 1. The van der Waals surface area contributed by atoms with Gasteiger partial charge in [-0.25, -0.2) is 4.79 Å². The Bertz CT molecular complexity index is 336. The summed E-state index contributed by atoms with van der Waals surface area (Å²) in [6.45, 7) is 8.60.